The summed E-state index contributed by atoms with van der Waals surface area (Å²) >= 11 is 0. The third kappa shape index (κ3) is 2.34. The maximum atomic E-state index is 3.91. The minimum absolute atomic E-state index is 0.359. The third-order valence-corrected chi connectivity index (χ3v) is 5.88. The highest BCUT2D eigenvalue weighted by molar-refractivity contribution is 5.09. The molecule has 1 saturated carbocycles. The smallest absolute Gasteiger partial charge is 0.0337 e. The van der Waals surface area contributed by atoms with Gasteiger partial charge in [0.1, 0.15) is 0 Å². The summed E-state index contributed by atoms with van der Waals surface area (Å²) in [5, 5.41) is 3.91. The summed E-state index contributed by atoms with van der Waals surface area (Å²) in [7, 11) is 0. The number of nitrogens with one attached hydrogen (secondary N) is 1. The van der Waals surface area contributed by atoms with Gasteiger partial charge in [-0.25, -0.2) is 0 Å². The topological polar surface area (TPSA) is 15.3 Å². The van der Waals surface area contributed by atoms with Crippen molar-refractivity contribution < 1.29 is 0 Å². The van der Waals surface area contributed by atoms with Crippen LogP contribution in [-0.4, -0.2) is 35.1 Å². The fraction of sp³-hybridized carbons (Fsp3) is 1.00. The van der Waals surface area contributed by atoms with Crippen molar-refractivity contribution in [3.05, 3.63) is 0 Å². The number of piperazine rings is 1. The molecule has 2 aliphatic rings. The molecule has 2 nitrogen and oxygen atoms in total. The summed E-state index contributed by atoms with van der Waals surface area (Å²) in [6, 6.07) is 0.718. The average molecular weight is 252 g/mol. The molecule has 1 heterocycles. The highest BCUT2D eigenvalue weighted by atomic mass is 15.3. The SMILES string of the molecule is CCC(C)N1CC(CC)(CC)NCC1(C)C1CC1. The van der Waals surface area contributed by atoms with Gasteiger partial charge in [-0.3, -0.25) is 4.90 Å². The van der Waals surface area contributed by atoms with Crippen molar-refractivity contribution in [2.75, 3.05) is 13.1 Å². The van der Waals surface area contributed by atoms with Gasteiger partial charge in [-0.2, -0.15) is 0 Å². The summed E-state index contributed by atoms with van der Waals surface area (Å²) in [6.45, 7) is 14.3. The van der Waals surface area contributed by atoms with E-state index in [9.17, 15) is 0 Å². The highest BCUT2D eigenvalue weighted by Gasteiger charge is 2.51. The van der Waals surface area contributed by atoms with Gasteiger partial charge in [-0.05, 0) is 51.9 Å². The Balaban J connectivity index is 2.20. The van der Waals surface area contributed by atoms with E-state index < -0.39 is 0 Å². The Kier molecular flexibility index (Phi) is 4.08. The Morgan fingerprint density at radius 2 is 1.83 bits per heavy atom. The van der Waals surface area contributed by atoms with Gasteiger partial charge in [-0.15, -0.1) is 0 Å². The van der Waals surface area contributed by atoms with Crippen LogP contribution in [0.3, 0.4) is 0 Å². The first-order chi connectivity index (χ1) is 8.51. The molecule has 2 heteroatoms. The second-order valence-corrected chi connectivity index (χ2v) is 6.86. The van der Waals surface area contributed by atoms with Crippen LogP contribution in [0.4, 0.5) is 0 Å². The predicted molar refractivity (Wildman–Crippen MR) is 78.9 cm³/mol. The van der Waals surface area contributed by atoms with Gasteiger partial charge in [0.2, 0.25) is 0 Å². The zero-order valence-corrected chi connectivity index (χ0v) is 13.1. The largest absolute Gasteiger partial charge is 0.308 e. The third-order valence-electron chi connectivity index (χ3n) is 5.88. The molecule has 1 saturated heterocycles. The van der Waals surface area contributed by atoms with Crippen LogP contribution < -0.4 is 5.32 Å². The lowest BCUT2D eigenvalue weighted by molar-refractivity contribution is -0.0293. The zero-order chi connectivity index (χ0) is 13.4. The van der Waals surface area contributed by atoms with Crippen molar-refractivity contribution in [2.45, 2.75) is 83.8 Å². The lowest BCUT2D eigenvalue weighted by atomic mass is 9.80. The molecule has 2 unspecified atom stereocenters. The molecule has 2 rings (SSSR count). The summed E-state index contributed by atoms with van der Waals surface area (Å²) < 4.78 is 0. The first-order valence-corrected chi connectivity index (χ1v) is 8.03. The van der Waals surface area contributed by atoms with Gasteiger partial charge in [0, 0.05) is 30.2 Å². The molecule has 1 aliphatic heterocycles. The summed E-state index contributed by atoms with van der Waals surface area (Å²) in [6.07, 6.45) is 6.65. The Morgan fingerprint density at radius 1 is 1.22 bits per heavy atom. The van der Waals surface area contributed by atoms with E-state index >= 15 is 0 Å². The minimum atomic E-state index is 0.359. The Bertz CT molecular complexity index is 281. The van der Waals surface area contributed by atoms with E-state index in [1.54, 1.807) is 0 Å². The van der Waals surface area contributed by atoms with Crippen molar-refractivity contribution in [1.29, 1.82) is 0 Å². The van der Waals surface area contributed by atoms with Crippen molar-refractivity contribution in [3.8, 4) is 0 Å². The molecular weight excluding hydrogens is 220 g/mol. The van der Waals surface area contributed by atoms with E-state index in [2.05, 4.69) is 44.8 Å². The number of hydrogen-bond acceptors (Lipinski definition) is 2. The Morgan fingerprint density at radius 3 is 2.28 bits per heavy atom. The molecule has 18 heavy (non-hydrogen) atoms. The van der Waals surface area contributed by atoms with Crippen LogP contribution in [0.1, 0.15) is 66.7 Å². The molecule has 0 radical (unpaired) electrons. The Hall–Kier alpha value is -0.0800. The minimum Gasteiger partial charge on any atom is -0.308 e. The molecule has 2 fully saturated rings. The van der Waals surface area contributed by atoms with Gasteiger partial charge in [-0.1, -0.05) is 20.8 Å². The highest BCUT2D eigenvalue weighted by Crippen LogP contribution is 2.46. The number of rotatable bonds is 5. The van der Waals surface area contributed by atoms with Crippen LogP contribution >= 0.6 is 0 Å². The van der Waals surface area contributed by atoms with Gasteiger partial charge in [0.05, 0.1) is 0 Å². The van der Waals surface area contributed by atoms with Gasteiger partial charge < -0.3 is 5.32 Å². The van der Waals surface area contributed by atoms with Gasteiger partial charge >= 0.3 is 0 Å². The lowest BCUT2D eigenvalue weighted by Crippen LogP contribution is -2.71. The monoisotopic (exact) mass is 252 g/mol. The maximum absolute atomic E-state index is 3.91. The van der Waals surface area contributed by atoms with Crippen molar-refractivity contribution in [2.24, 2.45) is 5.92 Å². The zero-order valence-electron chi connectivity index (χ0n) is 13.1. The number of nitrogens with zero attached hydrogens (tertiary/aromatic N) is 1. The van der Waals surface area contributed by atoms with E-state index in [0.29, 0.717) is 11.1 Å². The molecule has 106 valence electrons. The fourth-order valence-corrected chi connectivity index (χ4v) is 3.72. The van der Waals surface area contributed by atoms with Crippen molar-refractivity contribution in [1.82, 2.24) is 10.2 Å². The molecule has 1 N–H and O–H groups in total. The molecule has 0 amide bonds. The van der Waals surface area contributed by atoms with Crippen LogP contribution in [-0.2, 0) is 0 Å². The fourth-order valence-electron chi connectivity index (χ4n) is 3.72. The molecule has 2 atom stereocenters. The van der Waals surface area contributed by atoms with Crippen LogP contribution in [0.5, 0.6) is 0 Å². The van der Waals surface area contributed by atoms with E-state index in [0.717, 1.165) is 12.0 Å². The molecule has 0 bridgehead atoms. The standard InChI is InChI=1S/C16H32N2/c1-6-13(4)18-12-16(7-2,8-3)17-11-15(18,5)14-9-10-14/h13-14,17H,6-12H2,1-5H3. The van der Waals surface area contributed by atoms with Gasteiger partial charge in [0.25, 0.3) is 0 Å². The van der Waals surface area contributed by atoms with Crippen LogP contribution in [0.25, 0.3) is 0 Å². The molecule has 0 spiro atoms. The quantitative estimate of drug-likeness (QED) is 0.806. The van der Waals surface area contributed by atoms with E-state index in [-0.39, 0.29) is 0 Å². The number of hydrogen-bond donors (Lipinski definition) is 1. The Labute approximate surface area is 114 Å². The molecular formula is C16H32N2. The molecule has 1 aliphatic carbocycles. The lowest BCUT2D eigenvalue weighted by Gasteiger charge is -2.56. The van der Waals surface area contributed by atoms with E-state index in [4.69, 9.17) is 0 Å². The first-order valence-electron chi connectivity index (χ1n) is 8.03. The van der Waals surface area contributed by atoms with E-state index in [1.165, 1.54) is 45.2 Å². The second kappa shape index (κ2) is 5.13. The van der Waals surface area contributed by atoms with Crippen LogP contribution in [0, 0.1) is 5.92 Å². The molecule has 0 aromatic carbocycles. The van der Waals surface area contributed by atoms with E-state index in [1.807, 2.05) is 0 Å². The van der Waals surface area contributed by atoms with Crippen LogP contribution in [0.2, 0.25) is 0 Å². The molecule has 0 aromatic rings. The van der Waals surface area contributed by atoms with Crippen LogP contribution in [0.15, 0.2) is 0 Å². The molecule has 0 aromatic heterocycles. The summed E-state index contributed by atoms with van der Waals surface area (Å²) in [4.78, 5) is 2.84. The predicted octanol–water partition coefficient (Wildman–Crippen LogP) is 3.42. The van der Waals surface area contributed by atoms with Gasteiger partial charge in [0.15, 0.2) is 0 Å². The maximum Gasteiger partial charge on any atom is 0.0337 e. The van der Waals surface area contributed by atoms with Crippen molar-refractivity contribution in [3.63, 3.8) is 0 Å². The normalized spacial score (nSPS) is 34.5. The second-order valence-electron chi connectivity index (χ2n) is 6.86. The summed E-state index contributed by atoms with van der Waals surface area (Å²) in [5.74, 6) is 0.936. The first kappa shape index (κ1) is 14.3. The summed E-state index contributed by atoms with van der Waals surface area (Å²) in [5.41, 5.74) is 0.765. The van der Waals surface area contributed by atoms with Crippen molar-refractivity contribution >= 4 is 0 Å². The average Bonchev–Trinajstić information content (AvgIpc) is 3.23.